The second kappa shape index (κ2) is 8.11. The zero-order chi connectivity index (χ0) is 23.2. The predicted octanol–water partition coefficient (Wildman–Crippen LogP) is 4.60. The summed E-state index contributed by atoms with van der Waals surface area (Å²) < 4.78 is 11.5. The second-order valence-corrected chi connectivity index (χ2v) is 9.18. The van der Waals surface area contributed by atoms with Crippen molar-refractivity contribution in [1.29, 1.82) is 0 Å². The number of nitrogen functional groups attached to an aromatic ring is 1. The minimum Gasteiger partial charge on any atom is -0.497 e. The van der Waals surface area contributed by atoms with Gasteiger partial charge >= 0.3 is 0 Å². The lowest BCUT2D eigenvalue weighted by molar-refractivity contribution is 0.331. The Morgan fingerprint density at radius 1 is 1.03 bits per heavy atom. The topological polar surface area (TPSA) is 99.3 Å². The van der Waals surface area contributed by atoms with E-state index < -0.39 is 0 Å². The van der Waals surface area contributed by atoms with Gasteiger partial charge in [0.2, 0.25) is 0 Å². The van der Waals surface area contributed by atoms with Crippen molar-refractivity contribution in [1.82, 2.24) is 19.9 Å². The number of ether oxygens (including phenoxy) is 2. The molecule has 0 fully saturated rings. The first-order valence-corrected chi connectivity index (χ1v) is 11.7. The van der Waals surface area contributed by atoms with Crippen molar-refractivity contribution in [3.8, 4) is 22.6 Å². The first-order valence-electron chi connectivity index (χ1n) is 10.9. The van der Waals surface area contributed by atoms with Crippen LogP contribution in [0, 0.1) is 6.92 Å². The van der Waals surface area contributed by atoms with Gasteiger partial charge in [-0.3, -0.25) is 0 Å². The number of aromatic nitrogens is 4. The molecular formula is C25H22N6O2S. The molecule has 3 aromatic heterocycles. The van der Waals surface area contributed by atoms with Gasteiger partial charge in [-0.05, 0) is 42.8 Å². The van der Waals surface area contributed by atoms with Crippen LogP contribution in [0.5, 0.6) is 11.5 Å². The molecule has 2 N–H and O–H groups in total. The lowest BCUT2D eigenvalue weighted by Gasteiger charge is -2.23. The molecule has 4 heterocycles. The second-order valence-electron chi connectivity index (χ2n) is 8.17. The summed E-state index contributed by atoms with van der Waals surface area (Å²) >= 11 is 1.39. The molecule has 1 aliphatic rings. The van der Waals surface area contributed by atoms with E-state index in [2.05, 4.69) is 32.0 Å². The number of pyridine rings is 1. The molecule has 0 unspecified atom stereocenters. The normalized spacial score (nSPS) is 13.5. The van der Waals surface area contributed by atoms with Crippen LogP contribution in [0.15, 0.2) is 48.7 Å². The fourth-order valence-corrected chi connectivity index (χ4v) is 4.98. The number of rotatable bonds is 3. The van der Waals surface area contributed by atoms with E-state index in [4.69, 9.17) is 20.2 Å². The van der Waals surface area contributed by atoms with Crippen molar-refractivity contribution in [2.75, 3.05) is 30.9 Å². The van der Waals surface area contributed by atoms with Gasteiger partial charge in [-0.1, -0.05) is 17.4 Å². The summed E-state index contributed by atoms with van der Waals surface area (Å²) in [5.74, 6) is 3.28. The van der Waals surface area contributed by atoms with E-state index in [1.165, 1.54) is 11.3 Å². The SMILES string of the molecule is COc1ccc2c(N3CCOc4ccc(-c5cnc6sc(N)nc6c5)cc4C3)nc(C)nc2c1. The van der Waals surface area contributed by atoms with Crippen LogP contribution in [0.3, 0.4) is 0 Å². The van der Waals surface area contributed by atoms with Crippen LogP contribution in [0.25, 0.3) is 32.4 Å². The van der Waals surface area contributed by atoms with E-state index in [-0.39, 0.29) is 0 Å². The largest absolute Gasteiger partial charge is 0.497 e. The van der Waals surface area contributed by atoms with Crippen molar-refractivity contribution >= 4 is 43.5 Å². The lowest BCUT2D eigenvalue weighted by atomic mass is 10.0. The zero-order valence-corrected chi connectivity index (χ0v) is 19.6. The number of methoxy groups -OCH3 is 1. The molecule has 0 radical (unpaired) electrons. The van der Waals surface area contributed by atoms with E-state index in [0.717, 1.165) is 61.1 Å². The first kappa shape index (κ1) is 20.6. The highest BCUT2D eigenvalue weighted by Gasteiger charge is 2.20. The predicted molar refractivity (Wildman–Crippen MR) is 135 cm³/mol. The number of anilines is 2. The Morgan fingerprint density at radius 3 is 2.82 bits per heavy atom. The zero-order valence-electron chi connectivity index (χ0n) is 18.8. The molecule has 9 heteroatoms. The molecule has 0 atom stereocenters. The maximum Gasteiger partial charge on any atom is 0.182 e. The Balaban J connectivity index is 1.40. The third-order valence-electron chi connectivity index (χ3n) is 5.93. The molecule has 2 aromatic carbocycles. The maximum absolute atomic E-state index is 6.10. The Morgan fingerprint density at radius 2 is 1.94 bits per heavy atom. The van der Waals surface area contributed by atoms with Crippen LogP contribution in [-0.4, -0.2) is 40.2 Å². The van der Waals surface area contributed by atoms with Crippen LogP contribution >= 0.6 is 11.3 Å². The molecule has 0 bridgehead atoms. The third-order valence-corrected chi connectivity index (χ3v) is 6.74. The lowest BCUT2D eigenvalue weighted by Crippen LogP contribution is -2.26. The molecule has 8 nitrogen and oxygen atoms in total. The summed E-state index contributed by atoms with van der Waals surface area (Å²) in [4.78, 5) is 21.4. The molecular weight excluding hydrogens is 448 g/mol. The number of hydrogen-bond donors (Lipinski definition) is 1. The monoisotopic (exact) mass is 470 g/mol. The fraction of sp³-hybridized carbons (Fsp3) is 0.200. The summed E-state index contributed by atoms with van der Waals surface area (Å²) in [6.45, 7) is 3.86. The van der Waals surface area contributed by atoms with Gasteiger partial charge in [0.1, 0.15) is 40.1 Å². The smallest absolute Gasteiger partial charge is 0.182 e. The molecule has 0 amide bonds. The van der Waals surface area contributed by atoms with Gasteiger partial charge in [-0.25, -0.2) is 19.9 Å². The average Bonchev–Trinajstić information content (AvgIpc) is 3.08. The summed E-state index contributed by atoms with van der Waals surface area (Å²) in [5, 5.41) is 1.51. The first-order chi connectivity index (χ1) is 16.6. The van der Waals surface area contributed by atoms with Gasteiger partial charge in [0.05, 0.1) is 19.2 Å². The van der Waals surface area contributed by atoms with Crippen molar-refractivity contribution in [2.24, 2.45) is 0 Å². The van der Waals surface area contributed by atoms with Crippen molar-refractivity contribution in [2.45, 2.75) is 13.5 Å². The van der Waals surface area contributed by atoms with E-state index in [1.807, 2.05) is 43.5 Å². The minimum absolute atomic E-state index is 0.524. The quantitative estimate of drug-likeness (QED) is 0.408. The Kier molecular flexibility index (Phi) is 4.91. The fourth-order valence-electron chi connectivity index (χ4n) is 4.33. The highest BCUT2D eigenvalue weighted by molar-refractivity contribution is 7.21. The van der Waals surface area contributed by atoms with Crippen LogP contribution in [-0.2, 0) is 6.54 Å². The van der Waals surface area contributed by atoms with Gasteiger partial charge in [-0.2, -0.15) is 0 Å². The summed E-state index contributed by atoms with van der Waals surface area (Å²) in [7, 11) is 1.66. The summed E-state index contributed by atoms with van der Waals surface area (Å²) in [6.07, 6.45) is 1.87. The Labute approximate surface area is 200 Å². The van der Waals surface area contributed by atoms with E-state index >= 15 is 0 Å². The molecule has 0 spiro atoms. The molecule has 0 aliphatic carbocycles. The van der Waals surface area contributed by atoms with Crippen LogP contribution in [0.4, 0.5) is 10.9 Å². The highest BCUT2D eigenvalue weighted by atomic mass is 32.1. The van der Waals surface area contributed by atoms with Crippen LogP contribution < -0.4 is 20.1 Å². The number of fused-ring (bicyclic) bond motifs is 3. The standard InChI is InChI=1S/C25H22N6O2S/c1-14-28-20-11-18(32-2)4-5-19(20)23(29-14)31-7-8-33-22-6-3-15(9-17(22)13-31)16-10-21-24(27-12-16)34-25(26)30-21/h3-6,9-12H,7-8,13H2,1-2H3,(H2,26,30). The number of nitrogens with two attached hydrogens (primary N) is 1. The van der Waals surface area contributed by atoms with E-state index in [9.17, 15) is 0 Å². The number of aryl methyl sites for hydroxylation is 1. The Bertz CT molecular complexity index is 1550. The van der Waals surface area contributed by atoms with Crippen LogP contribution in [0.2, 0.25) is 0 Å². The van der Waals surface area contributed by atoms with Gasteiger partial charge < -0.3 is 20.1 Å². The minimum atomic E-state index is 0.524. The van der Waals surface area contributed by atoms with Crippen molar-refractivity contribution < 1.29 is 9.47 Å². The van der Waals surface area contributed by atoms with Gasteiger partial charge in [0, 0.05) is 35.3 Å². The average molecular weight is 471 g/mol. The molecule has 0 saturated heterocycles. The Hall–Kier alpha value is -3.98. The molecule has 170 valence electrons. The summed E-state index contributed by atoms with van der Waals surface area (Å²) in [6, 6.07) is 14.2. The summed E-state index contributed by atoms with van der Waals surface area (Å²) in [5.41, 5.74) is 10.7. The molecule has 1 aliphatic heterocycles. The van der Waals surface area contributed by atoms with E-state index in [1.54, 1.807) is 7.11 Å². The van der Waals surface area contributed by atoms with Crippen molar-refractivity contribution in [3.63, 3.8) is 0 Å². The number of hydrogen-bond acceptors (Lipinski definition) is 9. The van der Waals surface area contributed by atoms with E-state index in [0.29, 0.717) is 24.8 Å². The number of thiazole rings is 1. The van der Waals surface area contributed by atoms with Gasteiger partial charge in [-0.15, -0.1) is 0 Å². The third kappa shape index (κ3) is 3.63. The highest BCUT2D eigenvalue weighted by Crippen LogP contribution is 2.34. The maximum atomic E-state index is 6.10. The molecule has 6 rings (SSSR count). The van der Waals surface area contributed by atoms with Crippen LogP contribution in [0.1, 0.15) is 11.4 Å². The van der Waals surface area contributed by atoms with Gasteiger partial charge in [0.15, 0.2) is 5.13 Å². The number of nitrogens with zero attached hydrogens (tertiary/aromatic N) is 5. The molecule has 5 aromatic rings. The number of benzene rings is 2. The van der Waals surface area contributed by atoms with Crippen molar-refractivity contribution in [3.05, 3.63) is 60.0 Å². The molecule has 0 saturated carbocycles. The van der Waals surface area contributed by atoms with Gasteiger partial charge in [0.25, 0.3) is 0 Å². The molecule has 34 heavy (non-hydrogen) atoms.